The second kappa shape index (κ2) is 5.06. The second-order valence-corrected chi connectivity index (χ2v) is 4.22. The SMILES string of the molecule is Cc1cccc(CN)c1N(C)Cc1ccco1. The van der Waals surface area contributed by atoms with Gasteiger partial charge in [-0.25, -0.2) is 0 Å². The van der Waals surface area contributed by atoms with E-state index in [0.29, 0.717) is 6.54 Å². The normalized spacial score (nSPS) is 10.5. The van der Waals surface area contributed by atoms with Crippen molar-refractivity contribution in [2.75, 3.05) is 11.9 Å². The second-order valence-electron chi connectivity index (χ2n) is 4.22. The summed E-state index contributed by atoms with van der Waals surface area (Å²) in [7, 11) is 2.06. The Bertz CT molecular complexity index is 477. The number of aryl methyl sites for hydroxylation is 1. The maximum atomic E-state index is 5.78. The molecular formula is C14H18N2O. The first-order valence-corrected chi connectivity index (χ1v) is 5.74. The highest BCUT2D eigenvalue weighted by Gasteiger charge is 2.10. The monoisotopic (exact) mass is 230 g/mol. The third-order valence-electron chi connectivity index (χ3n) is 2.90. The quantitative estimate of drug-likeness (QED) is 0.878. The van der Waals surface area contributed by atoms with Crippen LogP contribution in [0.1, 0.15) is 16.9 Å². The molecule has 3 nitrogen and oxygen atoms in total. The summed E-state index contributed by atoms with van der Waals surface area (Å²) >= 11 is 0. The van der Waals surface area contributed by atoms with Crippen LogP contribution < -0.4 is 10.6 Å². The van der Waals surface area contributed by atoms with E-state index in [9.17, 15) is 0 Å². The van der Waals surface area contributed by atoms with Crippen molar-refractivity contribution in [3.05, 3.63) is 53.5 Å². The number of nitrogens with zero attached hydrogens (tertiary/aromatic N) is 1. The lowest BCUT2D eigenvalue weighted by Crippen LogP contribution is -2.19. The van der Waals surface area contributed by atoms with Crippen LogP contribution in [0.25, 0.3) is 0 Å². The molecule has 0 fully saturated rings. The first-order valence-electron chi connectivity index (χ1n) is 5.74. The average Bonchev–Trinajstić information content (AvgIpc) is 2.81. The molecule has 2 rings (SSSR count). The smallest absolute Gasteiger partial charge is 0.123 e. The fourth-order valence-corrected chi connectivity index (χ4v) is 2.15. The fraction of sp³-hybridized carbons (Fsp3) is 0.286. The first kappa shape index (κ1) is 11.7. The summed E-state index contributed by atoms with van der Waals surface area (Å²) in [6, 6.07) is 10.1. The van der Waals surface area contributed by atoms with Gasteiger partial charge in [0.1, 0.15) is 5.76 Å². The highest BCUT2D eigenvalue weighted by atomic mass is 16.3. The molecule has 1 heterocycles. The maximum Gasteiger partial charge on any atom is 0.123 e. The lowest BCUT2D eigenvalue weighted by molar-refractivity contribution is 0.507. The van der Waals surface area contributed by atoms with E-state index in [2.05, 4.69) is 31.0 Å². The van der Waals surface area contributed by atoms with Crippen molar-refractivity contribution >= 4 is 5.69 Å². The van der Waals surface area contributed by atoms with E-state index < -0.39 is 0 Å². The van der Waals surface area contributed by atoms with Crippen molar-refractivity contribution in [1.82, 2.24) is 0 Å². The molecule has 17 heavy (non-hydrogen) atoms. The highest BCUT2D eigenvalue weighted by molar-refractivity contribution is 5.58. The predicted molar refractivity (Wildman–Crippen MR) is 69.9 cm³/mol. The molecule has 2 aromatic rings. The van der Waals surface area contributed by atoms with Gasteiger partial charge in [-0.3, -0.25) is 0 Å². The Morgan fingerprint density at radius 3 is 2.71 bits per heavy atom. The van der Waals surface area contributed by atoms with Crippen molar-refractivity contribution < 1.29 is 4.42 Å². The summed E-state index contributed by atoms with van der Waals surface area (Å²) < 4.78 is 5.37. The van der Waals surface area contributed by atoms with Gasteiger partial charge in [-0.05, 0) is 30.2 Å². The maximum absolute atomic E-state index is 5.78. The van der Waals surface area contributed by atoms with E-state index in [4.69, 9.17) is 10.2 Å². The van der Waals surface area contributed by atoms with Gasteiger partial charge in [0, 0.05) is 19.3 Å². The molecule has 0 aliphatic heterocycles. The van der Waals surface area contributed by atoms with Gasteiger partial charge in [-0.1, -0.05) is 18.2 Å². The molecule has 3 heteroatoms. The van der Waals surface area contributed by atoms with Crippen LogP contribution in [0.3, 0.4) is 0 Å². The van der Waals surface area contributed by atoms with Gasteiger partial charge >= 0.3 is 0 Å². The van der Waals surface area contributed by atoms with Crippen molar-refractivity contribution in [3.63, 3.8) is 0 Å². The molecule has 0 aliphatic rings. The van der Waals surface area contributed by atoms with Crippen LogP contribution in [0.5, 0.6) is 0 Å². The van der Waals surface area contributed by atoms with Gasteiger partial charge in [0.2, 0.25) is 0 Å². The summed E-state index contributed by atoms with van der Waals surface area (Å²) in [6.07, 6.45) is 1.70. The average molecular weight is 230 g/mol. The van der Waals surface area contributed by atoms with E-state index in [1.807, 2.05) is 18.2 Å². The Kier molecular flexibility index (Phi) is 3.49. The predicted octanol–water partition coefficient (Wildman–Crippen LogP) is 2.68. The van der Waals surface area contributed by atoms with E-state index in [-0.39, 0.29) is 0 Å². The van der Waals surface area contributed by atoms with Gasteiger partial charge in [0.25, 0.3) is 0 Å². The number of rotatable bonds is 4. The zero-order valence-electron chi connectivity index (χ0n) is 10.3. The molecule has 1 aromatic heterocycles. The minimum atomic E-state index is 0.555. The summed E-state index contributed by atoms with van der Waals surface area (Å²) in [5.41, 5.74) is 9.38. The molecule has 2 N–H and O–H groups in total. The lowest BCUT2D eigenvalue weighted by Gasteiger charge is -2.23. The number of benzene rings is 1. The van der Waals surface area contributed by atoms with Gasteiger partial charge in [0.15, 0.2) is 0 Å². The van der Waals surface area contributed by atoms with Crippen LogP contribution >= 0.6 is 0 Å². The van der Waals surface area contributed by atoms with Crippen LogP contribution in [0.4, 0.5) is 5.69 Å². The topological polar surface area (TPSA) is 42.4 Å². The third-order valence-corrected chi connectivity index (χ3v) is 2.90. The molecule has 0 saturated heterocycles. The summed E-state index contributed by atoms with van der Waals surface area (Å²) in [5, 5.41) is 0. The lowest BCUT2D eigenvalue weighted by atomic mass is 10.1. The molecular weight excluding hydrogens is 212 g/mol. The Hall–Kier alpha value is -1.74. The van der Waals surface area contributed by atoms with Crippen LogP contribution in [0, 0.1) is 6.92 Å². The summed E-state index contributed by atoms with van der Waals surface area (Å²) in [6.45, 7) is 3.41. The molecule has 0 unspecified atom stereocenters. The minimum Gasteiger partial charge on any atom is -0.467 e. The van der Waals surface area contributed by atoms with E-state index in [1.165, 1.54) is 16.8 Å². The molecule has 0 amide bonds. The Morgan fingerprint density at radius 1 is 1.24 bits per heavy atom. The number of hydrogen-bond donors (Lipinski definition) is 1. The first-order chi connectivity index (χ1) is 8.22. The zero-order chi connectivity index (χ0) is 12.3. The van der Waals surface area contributed by atoms with Crippen molar-refractivity contribution in [1.29, 1.82) is 0 Å². The van der Waals surface area contributed by atoms with E-state index >= 15 is 0 Å². The Morgan fingerprint density at radius 2 is 2.06 bits per heavy atom. The van der Waals surface area contributed by atoms with E-state index in [0.717, 1.165) is 12.3 Å². The Labute approximate surface area is 102 Å². The molecule has 0 saturated carbocycles. The molecule has 0 aliphatic carbocycles. The van der Waals surface area contributed by atoms with Crippen LogP contribution in [-0.4, -0.2) is 7.05 Å². The number of nitrogens with two attached hydrogens (primary N) is 1. The number of hydrogen-bond acceptors (Lipinski definition) is 3. The third kappa shape index (κ3) is 2.50. The largest absolute Gasteiger partial charge is 0.467 e. The molecule has 90 valence electrons. The number of anilines is 1. The van der Waals surface area contributed by atoms with Crippen LogP contribution in [0.2, 0.25) is 0 Å². The van der Waals surface area contributed by atoms with Crippen LogP contribution in [0.15, 0.2) is 41.0 Å². The van der Waals surface area contributed by atoms with Crippen molar-refractivity contribution in [2.45, 2.75) is 20.0 Å². The van der Waals surface area contributed by atoms with Gasteiger partial charge in [-0.15, -0.1) is 0 Å². The molecule has 0 atom stereocenters. The number of para-hydroxylation sites is 1. The zero-order valence-corrected chi connectivity index (χ0v) is 10.3. The minimum absolute atomic E-state index is 0.555. The van der Waals surface area contributed by atoms with Crippen LogP contribution in [-0.2, 0) is 13.1 Å². The summed E-state index contributed by atoms with van der Waals surface area (Å²) in [5.74, 6) is 0.957. The Balaban J connectivity index is 2.26. The molecule has 0 spiro atoms. The van der Waals surface area contributed by atoms with Crippen molar-refractivity contribution in [3.8, 4) is 0 Å². The fourth-order valence-electron chi connectivity index (χ4n) is 2.15. The molecule has 1 aromatic carbocycles. The van der Waals surface area contributed by atoms with Gasteiger partial charge in [-0.2, -0.15) is 0 Å². The van der Waals surface area contributed by atoms with Gasteiger partial charge in [0.05, 0.1) is 12.8 Å². The highest BCUT2D eigenvalue weighted by Crippen LogP contribution is 2.25. The molecule has 0 radical (unpaired) electrons. The number of furan rings is 1. The van der Waals surface area contributed by atoms with Crippen molar-refractivity contribution in [2.24, 2.45) is 5.73 Å². The van der Waals surface area contributed by atoms with Gasteiger partial charge < -0.3 is 15.1 Å². The van der Waals surface area contributed by atoms with E-state index in [1.54, 1.807) is 6.26 Å². The standard InChI is InChI=1S/C14H18N2O/c1-11-5-3-6-12(9-15)14(11)16(2)10-13-7-4-8-17-13/h3-8H,9-10,15H2,1-2H3. The molecule has 0 bridgehead atoms. The summed E-state index contributed by atoms with van der Waals surface area (Å²) in [4.78, 5) is 2.18.